The van der Waals surface area contributed by atoms with E-state index >= 15 is 0 Å². The zero-order valence-corrected chi connectivity index (χ0v) is 12.4. The van der Waals surface area contributed by atoms with Crippen molar-refractivity contribution in [2.75, 3.05) is 12.3 Å². The predicted octanol–water partition coefficient (Wildman–Crippen LogP) is 3.13. The molecule has 0 aliphatic rings. The normalized spacial score (nSPS) is 10.9. The molecule has 3 heterocycles. The number of pyridine rings is 1. The fourth-order valence-corrected chi connectivity index (χ4v) is 3.20. The molecular weight excluding hydrogens is 286 g/mol. The second-order valence-corrected chi connectivity index (χ2v) is 5.60. The number of nitrogens with two attached hydrogens (primary N) is 1. The van der Waals surface area contributed by atoms with Crippen molar-refractivity contribution in [3.05, 3.63) is 47.4 Å². The molecule has 6 heteroatoms. The van der Waals surface area contributed by atoms with Crippen LogP contribution >= 0.6 is 11.3 Å². The van der Waals surface area contributed by atoms with Crippen LogP contribution in [0.15, 0.2) is 41.1 Å². The number of hydrogen-bond donors (Lipinski definition) is 1. The van der Waals surface area contributed by atoms with Gasteiger partial charge in [-0.3, -0.25) is 4.79 Å². The van der Waals surface area contributed by atoms with Crippen LogP contribution in [-0.4, -0.2) is 22.3 Å². The molecule has 0 aliphatic heterocycles. The van der Waals surface area contributed by atoms with Gasteiger partial charge in [0.1, 0.15) is 15.5 Å². The van der Waals surface area contributed by atoms with Crippen molar-refractivity contribution < 1.29 is 9.21 Å². The number of amides is 1. The molecule has 0 aliphatic carbocycles. The van der Waals surface area contributed by atoms with E-state index in [4.69, 9.17) is 10.2 Å². The third kappa shape index (κ3) is 2.50. The Labute approximate surface area is 126 Å². The Morgan fingerprint density at radius 1 is 1.43 bits per heavy atom. The number of carbonyl (C=O) groups excluding carboxylic acids is 1. The fourth-order valence-electron chi connectivity index (χ4n) is 2.17. The smallest absolute Gasteiger partial charge is 0.266 e. The summed E-state index contributed by atoms with van der Waals surface area (Å²) in [5.74, 6) is 0.664. The fraction of sp³-hybridized carbons (Fsp3) is 0.200. The van der Waals surface area contributed by atoms with Crippen LogP contribution in [0.3, 0.4) is 0 Å². The molecule has 0 atom stereocenters. The summed E-state index contributed by atoms with van der Waals surface area (Å²) in [5, 5.41) is 0.833. The lowest BCUT2D eigenvalue weighted by Crippen LogP contribution is -2.30. The Kier molecular flexibility index (Phi) is 3.62. The van der Waals surface area contributed by atoms with Gasteiger partial charge in [-0.1, -0.05) is 0 Å². The van der Waals surface area contributed by atoms with Gasteiger partial charge in [0.05, 0.1) is 18.5 Å². The van der Waals surface area contributed by atoms with Crippen molar-refractivity contribution >= 4 is 33.1 Å². The lowest BCUT2D eigenvalue weighted by Gasteiger charge is -2.19. The van der Waals surface area contributed by atoms with Crippen molar-refractivity contribution in [3.63, 3.8) is 0 Å². The second-order valence-electron chi connectivity index (χ2n) is 4.60. The predicted molar refractivity (Wildman–Crippen MR) is 83.2 cm³/mol. The number of nitrogen functional groups attached to an aromatic ring is 1. The van der Waals surface area contributed by atoms with E-state index in [0.29, 0.717) is 23.7 Å². The molecule has 0 fully saturated rings. The molecule has 21 heavy (non-hydrogen) atoms. The van der Waals surface area contributed by atoms with E-state index < -0.39 is 0 Å². The summed E-state index contributed by atoms with van der Waals surface area (Å²) in [6.07, 6.45) is 3.30. The van der Waals surface area contributed by atoms with Crippen molar-refractivity contribution in [3.8, 4) is 0 Å². The van der Waals surface area contributed by atoms with Crippen LogP contribution in [0.4, 0.5) is 5.69 Å². The largest absolute Gasteiger partial charge is 0.467 e. The molecule has 2 N–H and O–H groups in total. The number of hydrogen-bond acceptors (Lipinski definition) is 5. The Hall–Kier alpha value is -2.34. The number of thiophene rings is 1. The molecule has 0 saturated carbocycles. The van der Waals surface area contributed by atoms with E-state index in [-0.39, 0.29) is 5.91 Å². The number of furan rings is 1. The SMILES string of the molecule is CCN(Cc1ccco1)C(=O)c1sc2ncccc2c1N. The lowest BCUT2D eigenvalue weighted by molar-refractivity contribution is 0.0747. The van der Waals surface area contributed by atoms with Crippen LogP contribution in [0.1, 0.15) is 22.4 Å². The van der Waals surface area contributed by atoms with E-state index in [1.165, 1.54) is 11.3 Å². The minimum Gasteiger partial charge on any atom is -0.467 e. The van der Waals surface area contributed by atoms with Crippen molar-refractivity contribution in [2.24, 2.45) is 0 Å². The van der Waals surface area contributed by atoms with Gasteiger partial charge >= 0.3 is 0 Å². The molecule has 0 radical (unpaired) electrons. The number of carbonyl (C=O) groups is 1. The topological polar surface area (TPSA) is 72.4 Å². The Morgan fingerprint density at radius 2 is 2.29 bits per heavy atom. The summed E-state index contributed by atoms with van der Waals surface area (Å²) < 4.78 is 5.31. The molecule has 0 saturated heterocycles. The van der Waals surface area contributed by atoms with E-state index in [2.05, 4.69) is 4.98 Å². The number of nitrogens with zero attached hydrogens (tertiary/aromatic N) is 2. The molecule has 0 aromatic carbocycles. The molecule has 1 amide bonds. The summed E-state index contributed by atoms with van der Waals surface area (Å²) in [6.45, 7) is 2.95. The maximum absolute atomic E-state index is 12.7. The molecular formula is C15H15N3O2S. The second kappa shape index (κ2) is 5.57. The van der Waals surface area contributed by atoms with Gasteiger partial charge in [-0.05, 0) is 31.2 Å². The van der Waals surface area contributed by atoms with Gasteiger partial charge in [0.15, 0.2) is 0 Å². The molecule has 0 spiro atoms. The highest BCUT2D eigenvalue weighted by Crippen LogP contribution is 2.33. The quantitative estimate of drug-likeness (QED) is 0.803. The first-order valence-corrected chi connectivity index (χ1v) is 7.47. The maximum Gasteiger partial charge on any atom is 0.266 e. The molecule has 5 nitrogen and oxygen atoms in total. The third-order valence-electron chi connectivity index (χ3n) is 3.29. The van der Waals surface area contributed by atoms with Gasteiger partial charge < -0.3 is 15.1 Å². The molecule has 3 rings (SSSR count). The summed E-state index contributed by atoms with van der Waals surface area (Å²) in [6, 6.07) is 7.37. The van der Waals surface area contributed by atoms with Crippen LogP contribution < -0.4 is 5.73 Å². The van der Waals surface area contributed by atoms with E-state index in [1.54, 1.807) is 17.4 Å². The minimum atomic E-state index is -0.0885. The van der Waals surface area contributed by atoms with Crippen LogP contribution in [-0.2, 0) is 6.54 Å². The van der Waals surface area contributed by atoms with E-state index in [1.807, 2.05) is 31.2 Å². The highest BCUT2D eigenvalue weighted by molar-refractivity contribution is 7.21. The third-order valence-corrected chi connectivity index (χ3v) is 4.41. The van der Waals surface area contributed by atoms with Gasteiger partial charge in [0, 0.05) is 18.1 Å². The van der Waals surface area contributed by atoms with Crippen LogP contribution in [0.5, 0.6) is 0 Å². The van der Waals surface area contributed by atoms with Gasteiger partial charge in [-0.2, -0.15) is 0 Å². The summed E-state index contributed by atoms with van der Waals surface area (Å²) >= 11 is 1.33. The lowest BCUT2D eigenvalue weighted by atomic mass is 10.2. The zero-order chi connectivity index (χ0) is 14.8. The van der Waals surface area contributed by atoms with Gasteiger partial charge in [-0.25, -0.2) is 4.98 Å². The van der Waals surface area contributed by atoms with Gasteiger partial charge in [0.25, 0.3) is 5.91 Å². The molecule has 0 unspecified atom stereocenters. The van der Waals surface area contributed by atoms with E-state index in [0.717, 1.165) is 16.0 Å². The molecule has 3 aromatic rings. The summed E-state index contributed by atoms with van der Waals surface area (Å²) in [5.41, 5.74) is 6.61. The summed E-state index contributed by atoms with van der Waals surface area (Å²) in [7, 11) is 0. The van der Waals surface area contributed by atoms with Crippen LogP contribution in [0.2, 0.25) is 0 Å². The standard InChI is InChI=1S/C15H15N3O2S/c1-2-18(9-10-5-4-8-20-10)15(19)13-12(16)11-6-3-7-17-14(11)21-13/h3-8H,2,9,16H2,1H3. The van der Waals surface area contributed by atoms with Crippen molar-refractivity contribution in [1.29, 1.82) is 0 Å². The molecule has 0 bridgehead atoms. The highest BCUT2D eigenvalue weighted by Gasteiger charge is 2.22. The Morgan fingerprint density at radius 3 is 2.95 bits per heavy atom. The Bertz CT molecular complexity index is 764. The van der Waals surface area contributed by atoms with Crippen LogP contribution in [0.25, 0.3) is 10.2 Å². The van der Waals surface area contributed by atoms with Crippen molar-refractivity contribution in [1.82, 2.24) is 9.88 Å². The van der Waals surface area contributed by atoms with E-state index in [9.17, 15) is 4.79 Å². The first-order valence-electron chi connectivity index (χ1n) is 6.65. The molecule has 3 aromatic heterocycles. The monoisotopic (exact) mass is 301 g/mol. The summed E-state index contributed by atoms with van der Waals surface area (Å²) in [4.78, 5) is 20.0. The number of fused-ring (bicyclic) bond motifs is 1. The van der Waals surface area contributed by atoms with Gasteiger partial charge in [-0.15, -0.1) is 11.3 Å². The Balaban J connectivity index is 1.93. The average molecular weight is 301 g/mol. The first kappa shape index (κ1) is 13.6. The number of anilines is 1. The van der Waals surface area contributed by atoms with Crippen molar-refractivity contribution in [2.45, 2.75) is 13.5 Å². The molecule has 108 valence electrons. The highest BCUT2D eigenvalue weighted by atomic mass is 32.1. The number of rotatable bonds is 4. The van der Waals surface area contributed by atoms with Crippen LogP contribution in [0, 0.1) is 0 Å². The first-order chi connectivity index (χ1) is 10.2. The average Bonchev–Trinajstić information content (AvgIpc) is 3.13. The number of aromatic nitrogens is 1. The maximum atomic E-state index is 12.7. The minimum absolute atomic E-state index is 0.0885. The zero-order valence-electron chi connectivity index (χ0n) is 11.6. The van der Waals surface area contributed by atoms with Gasteiger partial charge in [0.2, 0.25) is 0 Å².